The van der Waals surface area contributed by atoms with Gasteiger partial charge in [0, 0.05) is 40.4 Å². The minimum Gasteiger partial charge on any atom is -0.308 e. The molecule has 1 fully saturated rings. The van der Waals surface area contributed by atoms with Crippen molar-refractivity contribution in [2.24, 2.45) is 11.8 Å². The van der Waals surface area contributed by atoms with Gasteiger partial charge >= 0.3 is 0 Å². The Balaban J connectivity index is 1.61. The summed E-state index contributed by atoms with van der Waals surface area (Å²) >= 11 is 0. The molecule has 0 spiro atoms. The fraction of sp³-hybridized carbons (Fsp3) is 0.357. The van der Waals surface area contributed by atoms with E-state index in [1.807, 2.05) is 31.3 Å². The SMILES string of the molecule is [C-]#[N+]C1=C[C@@]2(C)c3nc(-c4ccnc(C5CC5)c4)n(-c4cccc(F)c4)c3CC[C@@H]2[C@@H](C)C1=O. The molecule has 0 saturated heterocycles. The minimum atomic E-state index is -0.541. The lowest BCUT2D eigenvalue weighted by Crippen LogP contribution is -2.45. The highest BCUT2D eigenvalue weighted by atomic mass is 19.1. The first-order valence-electron chi connectivity index (χ1n) is 11.9. The quantitative estimate of drug-likeness (QED) is 0.473. The number of benzene rings is 1. The number of imidazole rings is 1. The van der Waals surface area contributed by atoms with Crippen molar-refractivity contribution < 1.29 is 9.18 Å². The van der Waals surface area contributed by atoms with E-state index in [2.05, 4.69) is 27.4 Å². The lowest BCUT2D eigenvalue weighted by Gasteiger charge is -2.44. The molecule has 3 aliphatic rings. The summed E-state index contributed by atoms with van der Waals surface area (Å²) in [5.74, 6) is 0.714. The van der Waals surface area contributed by atoms with Crippen LogP contribution in [0.2, 0.25) is 0 Å². The van der Waals surface area contributed by atoms with Crippen molar-refractivity contribution in [2.45, 2.75) is 50.9 Å². The molecule has 0 amide bonds. The van der Waals surface area contributed by atoms with Crippen LogP contribution in [0.4, 0.5) is 4.39 Å². The second-order valence-electron chi connectivity index (χ2n) is 10.0. The number of carbonyl (C=O) groups excluding carboxylic acids is 1. The van der Waals surface area contributed by atoms with Crippen molar-refractivity contribution >= 4 is 5.78 Å². The van der Waals surface area contributed by atoms with Crippen LogP contribution in [-0.2, 0) is 16.6 Å². The summed E-state index contributed by atoms with van der Waals surface area (Å²) in [5, 5.41) is 0. The normalized spacial score (nSPS) is 25.8. The standard InChI is InChI=1S/C28H25FN4O/c1-16-21-9-10-24-26(28(21,2)15-23(30-3)25(16)34)32-27(33(24)20-6-4-5-19(29)14-20)18-11-12-31-22(13-18)17-7-8-17/h4-6,11-17,21H,7-10H2,1-2H3/t16-,21-,28-/m1/s1. The van der Waals surface area contributed by atoms with Crippen LogP contribution in [-0.4, -0.2) is 20.3 Å². The van der Waals surface area contributed by atoms with Gasteiger partial charge in [-0.15, -0.1) is 0 Å². The first-order chi connectivity index (χ1) is 16.4. The van der Waals surface area contributed by atoms with Gasteiger partial charge in [0.2, 0.25) is 5.70 Å². The van der Waals surface area contributed by atoms with Crippen molar-refractivity contribution in [1.82, 2.24) is 14.5 Å². The van der Waals surface area contributed by atoms with Crippen molar-refractivity contribution in [3.63, 3.8) is 0 Å². The molecule has 34 heavy (non-hydrogen) atoms. The number of ketones is 1. The maximum absolute atomic E-state index is 14.3. The number of allylic oxidation sites excluding steroid dienone is 2. The third-order valence-electron chi connectivity index (χ3n) is 7.87. The Labute approximate surface area is 198 Å². The summed E-state index contributed by atoms with van der Waals surface area (Å²) < 4.78 is 16.4. The molecule has 0 unspecified atom stereocenters. The van der Waals surface area contributed by atoms with Crippen LogP contribution < -0.4 is 0 Å². The molecule has 2 heterocycles. The van der Waals surface area contributed by atoms with E-state index in [0.717, 1.165) is 59.8 Å². The van der Waals surface area contributed by atoms with Crippen LogP contribution in [0.1, 0.15) is 56.1 Å². The molecule has 6 heteroatoms. The minimum absolute atomic E-state index is 0.0705. The zero-order valence-corrected chi connectivity index (χ0v) is 19.3. The summed E-state index contributed by atoms with van der Waals surface area (Å²) in [6, 6.07) is 10.7. The molecule has 3 aromatic rings. The summed E-state index contributed by atoms with van der Waals surface area (Å²) in [7, 11) is 0. The van der Waals surface area contributed by atoms with Gasteiger partial charge in [0.05, 0.1) is 18.0 Å². The lowest BCUT2D eigenvalue weighted by molar-refractivity contribution is -0.121. The third-order valence-corrected chi connectivity index (χ3v) is 7.87. The fourth-order valence-electron chi connectivity index (χ4n) is 5.96. The molecule has 2 aromatic heterocycles. The van der Waals surface area contributed by atoms with E-state index in [1.54, 1.807) is 6.07 Å². The Bertz CT molecular complexity index is 1410. The molecule has 0 bridgehead atoms. The molecule has 5 nitrogen and oxygen atoms in total. The average Bonchev–Trinajstić information content (AvgIpc) is 3.61. The maximum Gasteiger partial charge on any atom is 0.226 e. The zero-order chi connectivity index (χ0) is 23.6. The fourth-order valence-corrected chi connectivity index (χ4v) is 5.96. The van der Waals surface area contributed by atoms with Crippen LogP contribution in [0.5, 0.6) is 0 Å². The second-order valence-corrected chi connectivity index (χ2v) is 10.0. The number of aromatic nitrogens is 3. The molecule has 0 radical (unpaired) electrons. The Kier molecular flexibility index (Phi) is 4.60. The average molecular weight is 453 g/mol. The Morgan fingerprint density at radius 2 is 2.03 bits per heavy atom. The Hall–Kier alpha value is -3.59. The lowest BCUT2D eigenvalue weighted by atomic mass is 9.59. The Morgan fingerprint density at radius 1 is 1.21 bits per heavy atom. The molecule has 0 N–H and O–H groups in total. The third kappa shape index (κ3) is 3.07. The van der Waals surface area contributed by atoms with Crippen molar-refractivity contribution in [3.8, 4) is 17.1 Å². The highest BCUT2D eigenvalue weighted by molar-refractivity contribution is 6.00. The number of hydrogen-bond acceptors (Lipinski definition) is 3. The van der Waals surface area contributed by atoms with E-state index >= 15 is 0 Å². The van der Waals surface area contributed by atoms with E-state index in [4.69, 9.17) is 11.6 Å². The van der Waals surface area contributed by atoms with Gasteiger partial charge in [-0.3, -0.25) is 9.55 Å². The number of halogens is 1. The molecule has 3 atom stereocenters. The van der Waals surface area contributed by atoms with Crippen LogP contribution >= 0.6 is 0 Å². The topological polar surface area (TPSA) is 52.1 Å². The first-order valence-corrected chi connectivity index (χ1v) is 11.9. The van der Waals surface area contributed by atoms with Crippen LogP contribution in [0.15, 0.2) is 54.4 Å². The van der Waals surface area contributed by atoms with E-state index < -0.39 is 5.41 Å². The molecule has 3 aliphatic carbocycles. The number of Topliss-reactive ketones (excluding diaryl/α,β-unsaturated/α-hetero) is 1. The smallest absolute Gasteiger partial charge is 0.226 e. The van der Waals surface area contributed by atoms with Gasteiger partial charge in [0.1, 0.15) is 11.6 Å². The van der Waals surface area contributed by atoms with Gasteiger partial charge < -0.3 is 4.79 Å². The summed E-state index contributed by atoms with van der Waals surface area (Å²) in [6.45, 7) is 11.6. The molecule has 170 valence electrons. The van der Waals surface area contributed by atoms with E-state index in [1.165, 1.54) is 12.1 Å². The Morgan fingerprint density at radius 3 is 2.76 bits per heavy atom. The second kappa shape index (κ2) is 7.46. The highest BCUT2D eigenvalue weighted by Gasteiger charge is 2.50. The number of fused-ring (bicyclic) bond motifs is 3. The summed E-state index contributed by atoms with van der Waals surface area (Å²) in [4.78, 5) is 26.1. The largest absolute Gasteiger partial charge is 0.308 e. The molecule has 1 aromatic carbocycles. The van der Waals surface area contributed by atoms with Crippen molar-refractivity contribution in [3.05, 3.63) is 88.7 Å². The summed E-state index contributed by atoms with van der Waals surface area (Å²) in [5.41, 5.74) is 4.30. The van der Waals surface area contributed by atoms with Gasteiger partial charge in [-0.25, -0.2) is 14.2 Å². The number of pyridine rings is 1. The highest BCUT2D eigenvalue weighted by Crippen LogP contribution is 2.51. The molecular weight excluding hydrogens is 427 g/mol. The number of nitrogens with zero attached hydrogens (tertiary/aromatic N) is 4. The summed E-state index contributed by atoms with van der Waals surface area (Å²) in [6.07, 6.45) is 7.51. The maximum atomic E-state index is 14.3. The van der Waals surface area contributed by atoms with E-state index in [0.29, 0.717) is 5.92 Å². The van der Waals surface area contributed by atoms with E-state index in [9.17, 15) is 9.18 Å². The van der Waals surface area contributed by atoms with Gasteiger partial charge in [-0.05, 0) is 61.9 Å². The monoisotopic (exact) mass is 452 g/mol. The molecular formula is C28H25FN4O. The van der Waals surface area contributed by atoms with Crippen molar-refractivity contribution in [1.29, 1.82) is 0 Å². The van der Waals surface area contributed by atoms with Gasteiger partial charge in [-0.2, -0.15) is 0 Å². The predicted octanol–water partition coefficient (Wildman–Crippen LogP) is 5.79. The number of hydrogen-bond donors (Lipinski definition) is 0. The first kappa shape index (κ1) is 21.0. The van der Waals surface area contributed by atoms with Crippen molar-refractivity contribution in [2.75, 3.05) is 0 Å². The van der Waals surface area contributed by atoms with Crippen LogP contribution in [0.25, 0.3) is 21.9 Å². The molecule has 6 rings (SSSR count). The van der Waals surface area contributed by atoms with E-state index in [-0.39, 0.29) is 29.1 Å². The zero-order valence-electron chi connectivity index (χ0n) is 19.3. The van der Waals surface area contributed by atoms with Gasteiger partial charge in [-0.1, -0.05) is 26.0 Å². The number of carbonyl (C=O) groups is 1. The molecule has 1 saturated carbocycles. The van der Waals surface area contributed by atoms with Crippen LogP contribution in [0.3, 0.4) is 0 Å². The number of rotatable bonds is 3. The molecule has 0 aliphatic heterocycles. The van der Waals surface area contributed by atoms with Crippen LogP contribution in [0, 0.1) is 24.2 Å². The van der Waals surface area contributed by atoms with Gasteiger partial charge in [0.15, 0.2) is 5.78 Å². The van der Waals surface area contributed by atoms with Gasteiger partial charge in [0.25, 0.3) is 0 Å². The predicted molar refractivity (Wildman–Crippen MR) is 127 cm³/mol.